The molecular weight excluding hydrogens is 588 g/mol. The van der Waals surface area contributed by atoms with E-state index in [-0.39, 0.29) is 28.9 Å². The summed E-state index contributed by atoms with van der Waals surface area (Å²) < 4.78 is 69.7. The molecule has 220 valence electrons. The normalized spacial score (nSPS) is 14.9. The van der Waals surface area contributed by atoms with Crippen LogP contribution >= 0.6 is 0 Å². The summed E-state index contributed by atoms with van der Waals surface area (Å²) in [6, 6.07) is 29.7. The van der Waals surface area contributed by atoms with E-state index >= 15 is 0 Å². The maximum Gasteiger partial charge on any atom is 0.500 e. The lowest BCUT2D eigenvalue weighted by molar-refractivity contribution is 0.390. The van der Waals surface area contributed by atoms with Crippen molar-refractivity contribution in [3.63, 3.8) is 0 Å². The van der Waals surface area contributed by atoms with Crippen LogP contribution in [0.25, 0.3) is 5.57 Å². The Bertz CT molecular complexity index is 1870. The summed E-state index contributed by atoms with van der Waals surface area (Å²) in [5, 5.41) is 0. The first kappa shape index (κ1) is 29.7. The number of hydrogen-bond acceptors (Lipinski definition) is 8. The van der Waals surface area contributed by atoms with Crippen LogP contribution in [0.1, 0.15) is 30.9 Å². The van der Waals surface area contributed by atoms with E-state index in [1.165, 1.54) is 24.3 Å². The molecule has 0 bridgehead atoms. The molecule has 1 unspecified atom stereocenters. The third kappa shape index (κ3) is 7.73. The summed E-state index contributed by atoms with van der Waals surface area (Å²) in [7, 11) is -8.63. The minimum absolute atomic E-state index is 0.115. The van der Waals surface area contributed by atoms with Crippen LogP contribution in [0.5, 0.6) is 23.0 Å². The van der Waals surface area contributed by atoms with E-state index < -0.39 is 20.8 Å². The molecule has 0 spiro atoms. The van der Waals surface area contributed by atoms with Gasteiger partial charge in [0.05, 0.1) is 0 Å². The summed E-state index contributed by atoms with van der Waals surface area (Å²) >= 11 is 0. The van der Waals surface area contributed by atoms with Crippen LogP contribution < -0.4 is 16.7 Å². The molecular formula is C33H28O8S2. The number of allylic oxidation sites excluding steroid dienone is 6. The zero-order chi connectivity index (χ0) is 30.5. The molecule has 1 atom stereocenters. The Morgan fingerprint density at radius 3 is 1.42 bits per heavy atom. The molecule has 0 saturated heterocycles. The van der Waals surface area contributed by atoms with Gasteiger partial charge in [0.1, 0.15) is 23.0 Å². The maximum atomic E-state index is 12.4. The van der Waals surface area contributed by atoms with Crippen molar-refractivity contribution in [1.29, 1.82) is 0 Å². The standard InChI is InChI=1S/C33H28O8S2/c1-24(2)33-31(25-16-20-29(21-17-25)40-42(34,35)38-27-10-5-3-6-11-27)14-9-15-32(33)26-18-22-30(23-19-26)41-43(36,37)39-28-12-7-4-8-13-28/h3-23,31H,1-2H3. The third-order valence-corrected chi connectivity index (χ3v) is 7.98. The molecule has 5 rings (SSSR count). The van der Waals surface area contributed by atoms with Gasteiger partial charge in [-0.3, -0.25) is 0 Å². The maximum absolute atomic E-state index is 12.4. The molecule has 1 aliphatic carbocycles. The zero-order valence-electron chi connectivity index (χ0n) is 23.3. The van der Waals surface area contributed by atoms with Gasteiger partial charge in [-0.15, -0.1) is 16.8 Å². The van der Waals surface area contributed by atoms with Crippen LogP contribution in [0.3, 0.4) is 0 Å². The Kier molecular flexibility index (Phi) is 8.70. The SMILES string of the molecule is CC(C)=C1C(c2ccc(OS(=O)(=O)Oc3ccccc3)cc2)=CC=CC1c1ccc(OS(=O)(=O)Oc2ccccc2)cc1. The Morgan fingerprint density at radius 1 is 0.558 bits per heavy atom. The van der Waals surface area contributed by atoms with Gasteiger partial charge < -0.3 is 16.7 Å². The van der Waals surface area contributed by atoms with Gasteiger partial charge in [-0.25, -0.2) is 0 Å². The van der Waals surface area contributed by atoms with Crippen molar-refractivity contribution < 1.29 is 33.6 Å². The minimum Gasteiger partial charge on any atom is -0.353 e. The average Bonchev–Trinajstić information content (AvgIpc) is 2.97. The summed E-state index contributed by atoms with van der Waals surface area (Å²) in [6.07, 6.45) is 6.01. The first-order valence-electron chi connectivity index (χ1n) is 13.2. The molecule has 4 aromatic rings. The Labute approximate surface area is 251 Å². The van der Waals surface area contributed by atoms with Gasteiger partial charge in [0.25, 0.3) is 0 Å². The van der Waals surface area contributed by atoms with Crippen molar-refractivity contribution in [2.24, 2.45) is 0 Å². The molecule has 0 saturated carbocycles. The number of para-hydroxylation sites is 2. The zero-order valence-corrected chi connectivity index (χ0v) is 24.9. The smallest absolute Gasteiger partial charge is 0.353 e. The summed E-state index contributed by atoms with van der Waals surface area (Å²) in [5.74, 6) is 0.422. The summed E-state index contributed by atoms with van der Waals surface area (Å²) in [6.45, 7) is 4.04. The fraction of sp³-hybridized carbons (Fsp3) is 0.0909. The van der Waals surface area contributed by atoms with E-state index in [1.54, 1.807) is 72.8 Å². The van der Waals surface area contributed by atoms with Gasteiger partial charge >= 0.3 is 20.8 Å². The van der Waals surface area contributed by atoms with E-state index in [9.17, 15) is 16.8 Å². The highest BCUT2D eigenvalue weighted by Crippen LogP contribution is 2.41. The molecule has 0 N–H and O–H groups in total. The van der Waals surface area contributed by atoms with Crippen molar-refractivity contribution >= 4 is 26.4 Å². The van der Waals surface area contributed by atoms with Crippen LogP contribution in [0.2, 0.25) is 0 Å². The van der Waals surface area contributed by atoms with Gasteiger partial charge in [-0.2, -0.15) is 0 Å². The Balaban J connectivity index is 1.30. The van der Waals surface area contributed by atoms with Gasteiger partial charge in [-0.05, 0) is 84.7 Å². The number of hydrogen-bond donors (Lipinski definition) is 0. The fourth-order valence-electron chi connectivity index (χ4n) is 4.60. The molecule has 8 nitrogen and oxygen atoms in total. The number of benzene rings is 4. The van der Waals surface area contributed by atoms with Gasteiger partial charge in [0, 0.05) is 5.92 Å². The van der Waals surface area contributed by atoms with Crippen molar-refractivity contribution in [3.8, 4) is 23.0 Å². The van der Waals surface area contributed by atoms with Crippen molar-refractivity contribution in [1.82, 2.24) is 0 Å². The fourth-order valence-corrected chi connectivity index (χ4v) is 6.06. The summed E-state index contributed by atoms with van der Waals surface area (Å²) in [4.78, 5) is 0. The topological polar surface area (TPSA) is 105 Å². The second-order valence-electron chi connectivity index (χ2n) is 9.73. The lowest BCUT2D eigenvalue weighted by Crippen LogP contribution is -2.16. The number of rotatable bonds is 10. The molecule has 4 aromatic carbocycles. The molecule has 0 aliphatic heterocycles. The van der Waals surface area contributed by atoms with E-state index in [0.29, 0.717) is 0 Å². The van der Waals surface area contributed by atoms with Crippen molar-refractivity contribution in [3.05, 3.63) is 150 Å². The van der Waals surface area contributed by atoms with Gasteiger partial charge in [-0.1, -0.05) is 84.5 Å². The molecule has 0 amide bonds. The predicted molar refractivity (Wildman–Crippen MR) is 164 cm³/mol. The van der Waals surface area contributed by atoms with Crippen LogP contribution in [0.15, 0.2) is 139 Å². The summed E-state index contributed by atoms with van der Waals surface area (Å²) in [5.41, 5.74) is 4.89. The lowest BCUT2D eigenvalue weighted by Gasteiger charge is -2.26. The average molecular weight is 617 g/mol. The Hall–Kier alpha value is -4.80. The lowest BCUT2D eigenvalue weighted by atomic mass is 9.78. The first-order chi connectivity index (χ1) is 20.6. The second-order valence-corrected chi connectivity index (χ2v) is 12.0. The Morgan fingerprint density at radius 2 is 0.977 bits per heavy atom. The second kappa shape index (κ2) is 12.6. The van der Waals surface area contributed by atoms with Crippen LogP contribution in [-0.4, -0.2) is 16.8 Å². The molecule has 0 radical (unpaired) electrons. The van der Waals surface area contributed by atoms with E-state index in [2.05, 4.69) is 6.08 Å². The highest BCUT2D eigenvalue weighted by atomic mass is 32.3. The molecule has 10 heteroatoms. The van der Waals surface area contributed by atoms with Crippen LogP contribution in [0.4, 0.5) is 0 Å². The van der Waals surface area contributed by atoms with Crippen molar-refractivity contribution in [2.75, 3.05) is 0 Å². The highest BCUT2D eigenvalue weighted by molar-refractivity contribution is 7.82. The quantitative estimate of drug-likeness (QED) is 0.185. The predicted octanol–water partition coefficient (Wildman–Crippen LogP) is 7.17. The largest absolute Gasteiger partial charge is 0.500 e. The van der Waals surface area contributed by atoms with E-state index in [4.69, 9.17) is 16.7 Å². The van der Waals surface area contributed by atoms with Crippen LogP contribution in [-0.2, 0) is 20.8 Å². The van der Waals surface area contributed by atoms with Gasteiger partial charge in [0.2, 0.25) is 0 Å². The minimum atomic E-state index is -4.32. The van der Waals surface area contributed by atoms with Gasteiger partial charge in [0.15, 0.2) is 0 Å². The third-order valence-electron chi connectivity index (χ3n) is 6.39. The molecule has 1 aliphatic rings. The first-order valence-corrected chi connectivity index (χ1v) is 15.9. The monoisotopic (exact) mass is 616 g/mol. The molecule has 43 heavy (non-hydrogen) atoms. The molecule has 0 heterocycles. The van der Waals surface area contributed by atoms with Crippen molar-refractivity contribution in [2.45, 2.75) is 19.8 Å². The highest BCUT2D eigenvalue weighted by Gasteiger charge is 2.24. The van der Waals surface area contributed by atoms with Crippen LogP contribution in [0, 0.1) is 0 Å². The van der Waals surface area contributed by atoms with E-state index in [1.807, 2.05) is 38.1 Å². The molecule has 0 aromatic heterocycles. The molecule has 0 fully saturated rings. The van der Waals surface area contributed by atoms with E-state index in [0.717, 1.165) is 27.8 Å².